The number of aromatic amines is 1. The molecule has 1 amide bonds. The first-order valence-electron chi connectivity index (χ1n) is 6.87. The second-order valence-corrected chi connectivity index (χ2v) is 4.93. The second kappa shape index (κ2) is 5.40. The molecule has 0 aliphatic carbocycles. The molecule has 0 radical (unpaired) electrons. The van der Waals surface area contributed by atoms with E-state index in [1.165, 1.54) is 0 Å². The standard InChI is InChI=1S/C15H17N5O/c1-9(16-2)19-14-7-10(3-5-17-14)13-8-11-12(20-13)4-6-18-15(11)21/h3,5,7-8,20H,4,6H2,1-2H3,(H,18,21)(H,16,17,19). The quantitative estimate of drug-likeness (QED) is 0.578. The predicted octanol–water partition coefficient (Wildman–Crippen LogP) is 1.63. The van der Waals surface area contributed by atoms with Gasteiger partial charge in [-0.2, -0.15) is 0 Å². The molecular weight excluding hydrogens is 266 g/mol. The number of fused-ring (bicyclic) bond motifs is 1. The molecule has 0 fully saturated rings. The van der Waals surface area contributed by atoms with Crippen molar-refractivity contribution in [1.82, 2.24) is 20.6 Å². The average Bonchev–Trinajstić information content (AvgIpc) is 2.93. The number of pyridine rings is 1. The van der Waals surface area contributed by atoms with Gasteiger partial charge in [-0.3, -0.25) is 4.79 Å². The zero-order valence-electron chi connectivity index (χ0n) is 12.0. The van der Waals surface area contributed by atoms with Crippen molar-refractivity contribution in [1.29, 1.82) is 0 Å². The largest absolute Gasteiger partial charge is 0.377 e. The average molecular weight is 283 g/mol. The molecule has 3 N–H and O–H groups in total. The molecule has 0 saturated heterocycles. The maximum Gasteiger partial charge on any atom is 0.253 e. The highest BCUT2D eigenvalue weighted by atomic mass is 16.1. The lowest BCUT2D eigenvalue weighted by Gasteiger charge is -2.10. The Morgan fingerprint density at radius 1 is 1.43 bits per heavy atom. The predicted molar refractivity (Wildman–Crippen MR) is 81.9 cm³/mol. The first kappa shape index (κ1) is 13.4. The monoisotopic (exact) mass is 283 g/mol. The Labute approximate surface area is 122 Å². The maximum absolute atomic E-state index is 11.8. The van der Waals surface area contributed by atoms with Crippen LogP contribution >= 0.6 is 0 Å². The lowest BCUT2D eigenvalue weighted by molar-refractivity contribution is 0.0946. The molecule has 1 aliphatic heterocycles. The Morgan fingerprint density at radius 3 is 3.05 bits per heavy atom. The molecule has 0 bridgehead atoms. The van der Waals surface area contributed by atoms with Crippen LogP contribution in [0.25, 0.3) is 11.3 Å². The summed E-state index contributed by atoms with van der Waals surface area (Å²) in [5.41, 5.74) is 3.60. The van der Waals surface area contributed by atoms with Crippen LogP contribution in [0.4, 0.5) is 5.82 Å². The van der Waals surface area contributed by atoms with Crippen molar-refractivity contribution in [2.45, 2.75) is 13.3 Å². The van der Waals surface area contributed by atoms with Crippen molar-refractivity contribution >= 4 is 17.6 Å². The highest BCUT2D eigenvalue weighted by molar-refractivity contribution is 5.97. The molecule has 0 aromatic carbocycles. The van der Waals surface area contributed by atoms with E-state index >= 15 is 0 Å². The molecule has 6 nitrogen and oxygen atoms in total. The molecule has 2 aromatic rings. The number of hydrogen-bond acceptors (Lipinski definition) is 3. The summed E-state index contributed by atoms with van der Waals surface area (Å²) in [6.07, 6.45) is 2.55. The van der Waals surface area contributed by atoms with Gasteiger partial charge in [-0.15, -0.1) is 0 Å². The fourth-order valence-corrected chi connectivity index (χ4v) is 2.32. The number of amides is 1. The number of aromatic nitrogens is 2. The summed E-state index contributed by atoms with van der Waals surface area (Å²) in [5.74, 6) is 1.42. The number of aliphatic imine (C=N–C) groups is 1. The minimum absolute atomic E-state index is 0.0166. The molecule has 1 aliphatic rings. The fraction of sp³-hybridized carbons (Fsp3) is 0.267. The SMILES string of the molecule is CN/C(C)=N\c1cc(-c2cc3c([nH]2)CCNC3=O)ccn1. The van der Waals surface area contributed by atoms with Crippen LogP contribution in [0, 0.1) is 0 Å². The molecule has 0 unspecified atom stereocenters. The van der Waals surface area contributed by atoms with E-state index in [0.717, 1.165) is 34.8 Å². The van der Waals surface area contributed by atoms with E-state index in [4.69, 9.17) is 0 Å². The van der Waals surface area contributed by atoms with E-state index in [-0.39, 0.29) is 5.91 Å². The minimum Gasteiger partial charge on any atom is -0.377 e. The Bertz CT molecular complexity index is 717. The third kappa shape index (κ3) is 2.65. The van der Waals surface area contributed by atoms with E-state index in [1.54, 1.807) is 6.20 Å². The van der Waals surface area contributed by atoms with Crippen LogP contribution in [0.5, 0.6) is 0 Å². The van der Waals surface area contributed by atoms with Crippen LogP contribution in [0.3, 0.4) is 0 Å². The van der Waals surface area contributed by atoms with Gasteiger partial charge >= 0.3 is 0 Å². The van der Waals surface area contributed by atoms with E-state index < -0.39 is 0 Å². The highest BCUT2D eigenvalue weighted by Crippen LogP contribution is 2.25. The summed E-state index contributed by atoms with van der Waals surface area (Å²) < 4.78 is 0. The molecule has 2 aromatic heterocycles. The molecule has 3 rings (SSSR count). The van der Waals surface area contributed by atoms with Gasteiger partial charge in [0.15, 0.2) is 5.82 Å². The molecule has 0 spiro atoms. The minimum atomic E-state index is -0.0166. The number of hydrogen-bond donors (Lipinski definition) is 3. The summed E-state index contributed by atoms with van der Waals surface area (Å²) in [6.45, 7) is 2.56. The van der Waals surface area contributed by atoms with Crippen LogP contribution in [-0.4, -0.2) is 35.3 Å². The number of carbonyl (C=O) groups excluding carboxylic acids is 1. The van der Waals surface area contributed by atoms with Crippen LogP contribution in [0.2, 0.25) is 0 Å². The number of H-pyrrole nitrogens is 1. The number of nitrogens with zero attached hydrogens (tertiary/aromatic N) is 2. The number of amidine groups is 1. The summed E-state index contributed by atoms with van der Waals surface area (Å²) in [5, 5.41) is 5.81. The molecule has 21 heavy (non-hydrogen) atoms. The summed E-state index contributed by atoms with van der Waals surface area (Å²) >= 11 is 0. The molecule has 0 saturated carbocycles. The summed E-state index contributed by atoms with van der Waals surface area (Å²) in [4.78, 5) is 23.7. The van der Waals surface area contributed by atoms with Gasteiger partial charge < -0.3 is 15.6 Å². The third-order valence-electron chi connectivity index (χ3n) is 3.51. The smallest absolute Gasteiger partial charge is 0.253 e. The van der Waals surface area contributed by atoms with Gasteiger partial charge in [0.25, 0.3) is 5.91 Å². The van der Waals surface area contributed by atoms with Gasteiger partial charge in [0.05, 0.1) is 5.56 Å². The molecular formula is C15H17N5O. The van der Waals surface area contributed by atoms with E-state index in [0.29, 0.717) is 12.4 Å². The molecule has 0 atom stereocenters. The molecule has 108 valence electrons. The van der Waals surface area contributed by atoms with Gasteiger partial charge in [0.2, 0.25) is 0 Å². The number of rotatable bonds is 2. The summed E-state index contributed by atoms with van der Waals surface area (Å²) in [7, 11) is 1.82. The highest BCUT2D eigenvalue weighted by Gasteiger charge is 2.19. The Kier molecular flexibility index (Phi) is 3.43. The number of nitrogens with one attached hydrogen (secondary N) is 3. The van der Waals surface area contributed by atoms with Crippen molar-refractivity contribution in [2.75, 3.05) is 13.6 Å². The van der Waals surface area contributed by atoms with Gasteiger partial charge in [-0.1, -0.05) is 0 Å². The molecule has 6 heteroatoms. The van der Waals surface area contributed by atoms with Gasteiger partial charge in [-0.05, 0) is 25.1 Å². The van der Waals surface area contributed by atoms with Crippen molar-refractivity contribution in [2.24, 2.45) is 4.99 Å². The van der Waals surface area contributed by atoms with Crippen LogP contribution in [0.1, 0.15) is 23.0 Å². The van der Waals surface area contributed by atoms with Gasteiger partial charge in [0, 0.05) is 43.2 Å². The Morgan fingerprint density at radius 2 is 2.29 bits per heavy atom. The van der Waals surface area contributed by atoms with Gasteiger partial charge in [0.1, 0.15) is 5.84 Å². The maximum atomic E-state index is 11.8. The molecule has 3 heterocycles. The normalized spacial score (nSPS) is 14.6. The van der Waals surface area contributed by atoms with E-state index in [9.17, 15) is 4.79 Å². The van der Waals surface area contributed by atoms with Crippen molar-refractivity contribution in [3.8, 4) is 11.3 Å². The van der Waals surface area contributed by atoms with Crippen LogP contribution in [0.15, 0.2) is 29.4 Å². The number of carbonyl (C=O) groups is 1. The second-order valence-electron chi connectivity index (χ2n) is 4.93. The third-order valence-corrected chi connectivity index (χ3v) is 3.51. The zero-order valence-corrected chi connectivity index (χ0v) is 12.0. The summed E-state index contributed by atoms with van der Waals surface area (Å²) in [6, 6.07) is 5.69. The fourth-order valence-electron chi connectivity index (χ4n) is 2.32. The van der Waals surface area contributed by atoms with Crippen molar-refractivity contribution < 1.29 is 4.79 Å². The van der Waals surface area contributed by atoms with E-state index in [2.05, 4.69) is 25.6 Å². The van der Waals surface area contributed by atoms with E-state index in [1.807, 2.05) is 32.2 Å². The lowest BCUT2D eigenvalue weighted by atomic mass is 10.1. The Hall–Kier alpha value is -2.63. The lowest BCUT2D eigenvalue weighted by Crippen LogP contribution is -2.31. The van der Waals surface area contributed by atoms with Crippen LogP contribution in [-0.2, 0) is 6.42 Å². The van der Waals surface area contributed by atoms with Crippen LogP contribution < -0.4 is 10.6 Å². The van der Waals surface area contributed by atoms with Crippen molar-refractivity contribution in [3.63, 3.8) is 0 Å². The van der Waals surface area contributed by atoms with Gasteiger partial charge in [-0.25, -0.2) is 9.98 Å². The zero-order chi connectivity index (χ0) is 14.8. The first-order valence-corrected chi connectivity index (χ1v) is 6.87. The van der Waals surface area contributed by atoms with Crippen molar-refractivity contribution in [3.05, 3.63) is 35.7 Å². The first-order chi connectivity index (χ1) is 10.2. The topological polar surface area (TPSA) is 82.2 Å². The Balaban J connectivity index is 1.98.